The third-order valence-corrected chi connectivity index (χ3v) is 4.43. The summed E-state index contributed by atoms with van der Waals surface area (Å²) in [7, 11) is -0.895. The van der Waals surface area contributed by atoms with Crippen LogP contribution in [-0.4, -0.2) is 18.3 Å². The van der Waals surface area contributed by atoms with E-state index in [1.165, 1.54) is 0 Å². The van der Waals surface area contributed by atoms with Gasteiger partial charge in [0.15, 0.2) is 0 Å². The summed E-state index contributed by atoms with van der Waals surface area (Å²) in [5.41, 5.74) is -0.797. The number of rotatable bonds is 2. The van der Waals surface area contributed by atoms with Crippen molar-refractivity contribution in [2.24, 2.45) is 0 Å². The van der Waals surface area contributed by atoms with Crippen LogP contribution in [0.4, 0.5) is 8.78 Å². The Kier molecular flexibility index (Phi) is 3.80. The molecule has 2 nitrogen and oxygen atoms in total. The summed E-state index contributed by atoms with van der Waals surface area (Å²) in [5.74, 6) is -0.989. The van der Waals surface area contributed by atoms with E-state index in [1.54, 1.807) is 0 Å². The standard InChI is InChI=1S/C13H16BBrF2O2/c1-12(2)13(3,4)19-14(18-12)11-8(7-15)9(16)5-6-10(11)17/h5-6H,7H2,1-4H3. The Hall–Kier alpha value is -0.455. The fourth-order valence-corrected chi connectivity index (χ4v) is 2.53. The SMILES string of the molecule is CC1(C)OB(c2c(F)ccc(F)c2CBr)OC1(C)C. The molecule has 0 saturated carbocycles. The topological polar surface area (TPSA) is 18.5 Å². The van der Waals surface area contributed by atoms with Gasteiger partial charge in [-0.2, -0.15) is 0 Å². The normalized spacial score (nSPS) is 20.9. The molecule has 1 fully saturated rings. The van der Waals surface area contributed by atoms with Crippen LogP contribution < -0.4 is 5.46 Å². The van der Waals surface area contributed by atoms with Gasteiger partial charge in [-0.1, -0.05) is 15.9 Å². The van der Waals surface area contributed by atoms with Gasteiger partial charge >= 0.3 is 7.12 Å². The van der Waals surface area contributed by atoms with E-state index in [0.717, 1.165) is 12.1 Å². The van der Waals surface area contributed by atoms with Crippen LogP contribution in [0, 0.1) is 11.6 Å². The van der Waals surface area contributed by atoms with E-state index in [1.807, 2.05) is 27.7 Å². The first-order valence-electron chi connectivity index (χ1n) is 6.08. The number of benzene rings is 1. The quantitative estimate of drug-likeness (QED) is 0.612. The maximum atomic E-state index is 14.0. The molecule has 1 heterocycles. The zero-order chi connectivity index (χ0) is 14.4. The largest absolute Gasteiger partial charge is 0.498 e. The highest BCUT2D eigenvalue weighted by Crippen LogP contribution is 2.37. The lowest BCUT2D eigenvalue weighted by atomic mass is 9.75. The highest BCUT2D eigenvalue weighted by Gasteiger charge is 2.53. The van der Waals surface area contributed by atoms with Gasteiger partial charge in [-0.05, 0) is 39.8 Å². The summed E-state index contributed by atoms with van der Waals surface area (Å²) in [4.78, 5) is 0. The van der Waals surface area contributed by atoms with Crippen LogP contribution in [-0.2, 0) is 14.6 Å². The molecular formula is C13H16BBrF2O2. The molecule has 1 aliphatic rings. The van der Waals surface area contributed by atoms with Gasteiger partial charge in [0.2, 0.25) is 0 Å². The first kappa shape index (κ1) is 14.9. The fourth-order valence-electron chi connectivity index (χ4n) is 1.96. The Balaban J connectivity index is 2.48. The zero-order valence-corrected chi connectivity index (χ0v) is 13.0. The molecule has 0 atom stereocenters. The lowest BCUT2D eigenvalue weighted by molar-refractivity contribution is 0.00578. The van der Waals surface area contributed by atoms with Crippen LogP contribution in [0.25, 0.3) is 0 Å². The second kappa shape index (κ2) is 4.83. The minimum Gasteiger partial charge on any atom is -0.399 e. The monoisotopic (exact) mass is 332 g/mol. The fraction of sp³-hybridized carbons (Fsp3) is 0.538. The van der Waals surface area contributed by atoms with Gasteiger partial charge in [0.25, 0.3) is 0 Å². The first-order chi connectivity index (χ1) is 8.69. The van der Waals surface area contributed by atoms with Gasteiger partial charge in [-0.25, -0.2) is 8.78 Å². The molecule has 0 spiro atoms. The molecule has 6 heteroatoms. The Morgan fingerprint density at radius 2 is 1.53 bits per heavy atom. The number of alkyl halides is 1. The highest BCUT2D eigenvalue weighted by atomic mass is 79.9. The molecule has 1 aromatic rings. The molecule has 1 saturated heterocycles. The average Bonchev–Trinajstić information content (AvgIpc) is 2.50. The van der Waals surface area contributed by atoms with Crippen molar-refractivity contribution in [1.82, 2.24) is 0 Å². The lowest BCUT2D eigenvalue weighted by Gasteiger charge is -2.32. The number of hydrogen-bond donors (Lipinski definition) is 0. The summed E-state index contributed by atoms with van der Waals surface area (Å²) >= 11 is 3.18. The first-order valence-corrected chi connectivity index (χ1v) is 7.20. The van der Waals surface area contributed by atoms with Crippen molar-refractivity contribution in [2.75, 3.05) is 0 Å². The van der Waals surface area contributed by atoms with E-state index >= 15 is 0 Å². The Morgan fingerprint density at radius 3 is 2.00 bits per heavy atom. The van der Waals surface area contributed by atoms with Gasteiger partial charge in [-0.3, -0.25) is 0 Å². The van der Waals surface area contributed by atoms with Crippen LogP contribution in [0.1, 0.15) is 33.3 Å². The zero-order valence-electron chi connectivity index (χ0n) is 11.4. The maximum absolute atomic E-state index is 14.0. The highest BCUT2D eigenvalue weighted by molar-refractivity contribution is 9.08. The predicted octanol–water partition coefficient (Wildman–Crippen LogP) is 3.16. The number of halogens is 3. The van der Waals surface area contributed by atoms with Gasteiger partial charge in [0, 0.05) is 16.4 Å². The molecule has 1 aromatic carbocycles. The molecule has 0 aromatic heterocycles. The molecule has 0 unspecified atom stereocenters. The van der Waals surface area contributed by atoms with Crippen molar-refractivity contribution in [2.45, 2.75) is 44.2 Å². The third kappa shape index (κ3) is 2.46. The minimum absolute atomic E-state index is 0.135. The average molecular weight is 333 g/mol. The maximum Gasteiger partial charge on any atom is 0.498 e. The molecule has 0 radical (unpaired) electrons. The van der Waals surface area contributed by atoms with Gasteiger partial charge in [0.1, 0.15) is 11.6 Å². The van der Waals surface area contributed by atoms with Gasteiger partial charge < -0.3 is 9.31 Å². The van der Waals surface area contributed by atoms with Crippen molar-refractivity contribution in [3.63, 3.8) is 0 Å². The van der Waals surface area contributed by atoms with Gasteiger partial charge in [-0.15, -0.1) is 0 Å². The summed E-state index contributed by atoms with van der Waals surface area (Å²) < 4.78 is 39.3. The Morgan fingerprint density at radius 1 is 1.05 bits per heavy atom. The summed E-state index contributed by atoms with van der Waals surface area (Å²) in [6.45, 7) is 7.49. The van der Waals surface area contributed by atoms with Crippen LogP contribution in [0.15, 0.2) is 12.1 Å². The van der Waals surface area contributed by atoms with Crippen LogP contribution in [0.5, 0.6) is 0 Å². The van der Waals surface area contributed by atoms with Crippen LogP contribution >= 0.6 is 15.9 Å². The lowest BCUT2D eigenvalue weighted by Crippen LogP contribution is -2.41. The van der Waals surface area contributed by atoms with E-state index in [9.17, 15) is 8.78 Å². The Labute approximate surface area is 120 Å². The molecule has 19 heavy (non-hydrogen) atoms. The smallest absolute Gasteiger partial charge is 0.399 e. The van der Waals surface area contributed by atoms with Crippen LogP contribution in [0.3, 0.4) is 0 Å². The number of hydrogen-bond acceptors (Lipinski definition) is 2. The molecule has 104 valence electrons. The molecular weight excluding hydrogens is 317 g/mol. The predicted molar refractivity (Wildman–Crippen MR) is 74.7 cm³/mol. The van der Waals surface area contributed by atoms with E-state index in [0.29, 0.717) is 0 Å². The van der Waals surface area contributed by atoms with Gasteiger partial charge in [0.05, 0.1) is 11.2 Å². The van der Waals surface area contributed by atoms with Crippen molar-refractivity contribution < 1.29 is 18.1 Å². The second-order valence-corrected chi connectivity index (χ2v) is 6.20. The van der Waals surface area contributed by atoms with E-state index in [2.05, 4.69) is 15.9 Å². The molecule has 2 rings (SSSR count). The van der Waals surface area contributed by atoms with E-state index < -0.39 is 30.0 Å². The van der Waals surface area contributed by atoms with E-state index in [4.69, 9.17) is 9.31 Å². The Bertz CT molecular complexity index is 490. The van der Waals surface area contributed by atoms with Crippen molar-refractivity contribution >= 4 is 28.5 Å². The van der Waals surface area contributed by atoms with E-state index in [-0.39, 0.29) is 16.4 Å². The second-order valence-electron chi connectivity index (χ2n) is 5.64. The molecule has 1 aliphatic heterocycles. The molecule has 0 aliphatic carbocycles. The van der Waals surface area contributed by atoms with Crippen molar-refractivity contribution in [1.29, 1.82) is 0 Å². The van der Waals surface area contributed by atoms with Crippen molar-refractivity contribution in [3.05, 3.63) is 29.3 Å². The van der Waals surface area contributed by atoms with Crippen LogP contribution in [0.2, 0.25) is 0 Å². The molecule has 0 N–H and O–H groups in total. The summed E-state index contributed by atoms with van der Waals surface area (Å²) in [5, 5.41) is 0.204. The van der Waals surface area contributed by atoms with Crippen molar-refractivity contribution in [3.8, 4) is 0 Å². The molecule has 0 amide bonds. The summed E-state index contributed by atoms with van der Waals surface area (Å²) in [6, 6.07) is 2.21. The summed E-state index contributed by atoms with van der Waals surface area (Å²) in [6.07, 6.45) is 0. The minimum atomic E-state index is -0.895. The third-order valence-electron chi connectivity index (χ3n) is 3.87. The molecule has 0 bridgehead atoms.